The molecule has 11 aromatic rings. The molecule has 1 heterocycles. The third-order valence-electron chi connectivity index (χ3n) is 13.6. The van der Waals surface area contributed by atoms with Crippen LogP contribution in [0.3, 0.4) is 0 Å². The first-order valence-electron chi connectivity index (χ1n) is 22.6. The minimum atomic E-state index is -0.164. The molecular formula is C63H46N2. The molecule has 1 aliphatic carbocycles. The molecule has 0 saturated carbocycles. The second-order valence-corrected chi connectivity index (χ2v) is 17.7. The van der Waals surface area contributed by atoms with Crippen LogP contribution in [0.5, 0.6) is 0 Å². The van der Waals surface area contributed by atoms with Gasteiger partial charge >= 0.3 is 0 Å². The second kappa shape index (κ2) is 15.6. The fourth-order valence-corrected chi connectivity index (χ4v) is 10.4. The van der Waals surface area contributed by atoms with Gasteiger partial charge < -0.3 is 9.47 Å². The first-order valence-corrected chi connectivity index (χ1v) is 22.6. The van der Waals surface area contributed by atoms with Gasteiger partial charge in [-0.2, -0.15) is 0 Å². The molecule has 0 radical (unpaired) electrons. The first-order chi connectivity index (χ1) is 32.0. The van der Waals surface area contributed by atoms with Gasteiger partial charge in [-0.3, -0.25) is 0 Å². The van der Waals surface area contributed by atoms with Crippen LogP contribution < -0.4 is 4.90 Å². The van der Waals surface area contributed by atoms with Gasteiger partial charge in [-0.25, -0.2) is 0 Å². The topological polar surface area (TPSA) is 8.17 Å². The van der Waals surface area contributed by atoms with Gasteiger partial charge in [0.2, 0.25) is 0 Å². The molecule has 0 saturated heterocycles. The molecule has 2 nitrogen and oxygen atoms in total. The van der Waals surface area contributed by atoms with E-state index in [9.17, 15) is 0 Å². The molecule has 0 N–H and O–H groups in total. The molecular weight excluding hydrogens is 785 g/mol. The predicted octanol–water partition coefficient (Wildman–Crippen LogP) is 17.2. The monoisotopic (exact) mass is 830 g/mol. The van der Waals surface area contributed by atoms with Crippen molar-refractivity contribution in [3.05, 3.63) is 254 Å². The van der Waals surface area contributed by atoms with Crippen molar-refractivity contribution >= 4 is 38.9 Å². The molecule has 1 aliphatic rings. The van der Waals surface area contributed by atoms with E-state index in [0.29, 0.717) is 0 Å². The Morgan fingerprint density at radius 1 is 0.338 bits per heavy atom. The van der Waals surface area contributed by atoms with Gasteiger partial charge in [0.15, 0.2) is 0 Å². The summed E-state index contributed by atoms with van der Waals surface area (Å²) in [7, 11) is 0. The number of fused-ring (bicyclic) bond motifs is 6. The lowest BCUT2D eigenvalue weighted by atomic mass is 9.82. The number of hydrogen-bond acceptors (Lipinski definition) is 1. The van der Waals surface area contributed by atoms with Gasteiger partial charge in [0.25, 0.3) is 0 Å². The Balaban J connectivity index is 1.09. The van der Waals surface area contributed by atoms with Gasteiger partial charge in [0.1, 0.15) is 0 Å². The first kappa shape index (κ1) is 38.5. The Kier molecular flexibility index (Phi) is 9.21. The van der Waals surface area contributed by atoms with Crippen molar-refractivity contribution in [1.82, 2.24) is 4.57 Å². The van der Waals surface area contributed by atoms with Crippen LogP contribution in [0.25, 0.3) is 83.1 Å². The van der Waals surface area contributed by atoms with Crippen LogP contribution >= 0.6 is 0 Å². The lowest BCUT2D eigenvalue weighted by Crippen LogP contribution is -2.17. The molecule has 0 aliphatic heterocycles. The summed E-state index contributed by atoms with van der Waals surface area (Å²) in [5.74, 6) is 0. The van der Waals surface area contributed by atoms with Gasteiger partial charge in [0.05, 0.1) is 16.7 Å². The highest BCUT2D eigenvalue weighted by Crippen LogP contribution is 2.52. The molecule has 65 heavy (non-hydrogen) atoms. The summed E-state index contributed by atoms with van der Waals surface area (Å²) in [6, 6.07) is 89.0. The Bertz CT molecular complexity index is 3530. The molecule has 308 valence electrons. The minimum Gasteiger partial charge on any atom is -0.310 e. The number of aromatic nitrogens is 1. The number of nitrogens with zero attached hydrogens (tertiary/aromatic N) is 2. The molecule has 2 heteroatoms. The summed E-state index contributed by atoms with van der Waals surface area (Å²) in [4.78, 5) is 2.50. The van der Waals surface area contributed by atoms with Gasteiger partial charge in [-0.1, -0.05) is 202 Å². The largest absolute Gasteiger partial charge is 0.310 e. The van der Waals surface area contributed by atoms with Crippen molar-refractivity contribution in [2.24, 2.45) is 0 Å². The lowest BCUT2D eigenvalue weighted by Gasteiger charge is -2.30. The van der Waals surface area contributed by atoms with Crippen LogP contribution in [0.15, 0.2) is 243 Å². The summed E-state index contributed by atoms with van der Waals surface area (Å²) in [5, 5.41) is 2.46. The van der Waals surface area contributed by atoms with Crippen molar-refractivity contribution < 1.29 is 0 Å². The van der Waals surface area contributed by atoms with Gasteiger partial charge in [-0.15, -0.1) is 0 Å². The Labute approximate surface area is 381 Å². The van der Waals surface area contributed by atoms with Gasteiger partial charge in [-0.05, 0) is 116 Å². The fraction of sp³-hybridized carbons (Fsp3) is 0.0476. The van der Waals surface area contributed by atoms with E-state index in [1.54, 1.807) is 0 Å². The Hall–Kier alpha value is -8.20. The number of anilines is 3. The van der Waals surface area contributed by atoms with E-state index in [4.69, 9.17) is 0 Å². The minimum absolute atomic E-state index is 0.164. The maximum Gasteiger partial charge on any atom is 0.0547 e. The third kappa shape index (κ3) is 6.49. The Morgan fingerprint density at radius 2 is 0.831 bits per heavy atom. The fourth-order valence-electron chi connectivity index (χ4n) is 10.4. The molecule has 1 aromatic heterocycles. The maximum absolute atomic E-state index is 2.50. The van der Waals surface area contributed by atoms with Crippen molar-refractivity contribution in [3.63, 3.8) is 0 Å². The standard InChI is InChI=1S/C63H46N2/c1-63(2)57-26-14-12-23-52(57)53-40-38-51(42-58(53)63)64(50-36-33-47(34-37-50)46-31-29-45(30-32-46)43-17-6-3-7-18-43)61-41-48(44-19-8-4-9-20-44)35-39-54(61)55-25-16-28-60-62(55)56-24-13-15-27-59(56)65(60)49-21-10-5-11-22-49/h3-42H,1-2H3. The van der Waals surface area contributed by atoms with Crippen LogP contribution in [-0.2, 0) is 5.41 Å². The van der Waals surface area contributed by atoms with E-state index in [1.165, 1.54) is 77.4 Å². The number of benzene rings is 10. The van der Waals surface area contributed by atoms with Crippen LogP contribution in [0.1, 0.15) is 25.0 Å². The summed E-state index contributed by atoms with van der Waals surface area (Å²) in [5.41, 5.74) is 21.5. The third-order valence-corrected chi connectivity index (χ3v) is 13.6. The quantitative estimate of drug-likeness (QED) is 0.148. The van der Waals surface area contributed by atoms with Crippen molar-refractivity contribution in [3.8, 4) is 61.3 Å². The van der Waals surface area contributed by atoms with Crippen molar-refractivity contribution in [2.75, 3.05) is 4.90 Å². The van der Waals surface area contributed by atoms with Crippen LogP contribution in [0.4, 0.5) is 17.1 Å². The highest BCUT2D eigenvalue weighted by atomic mass is 15.1. The number of hydrogen-bond donors (Lipinski definition) is 0. The van der Waals surface area contributed by atoms with E-state index in [1.807, 2.05) is 0 Å². The van der Waals surface area contributed by atoms with Crippen LogP contribution in [0.2, 0.25) is 0 Å². The van der Waals surface area contributed by atoms with E-state index in [0.717, 1.165) is 33.9 Å². The number of para-hydroxylation sites is 2. The summed E-state index contributed by atoms with van der Waals surface area (Å²) >= 11 is 0. The normalized spacial score (nSPS) is 12.6. The second-order valence-electron chi connectivity index (χ2n) is 17.7. The van der Waals surface area contributed by atoms with Crippen molar-refractivity contribution in [1.29, 1.82) is 0 Å². The van der Waals surface area contributed by atoms with Crippen molar-refractivity contribution in [2.45, 2.75) is 19.3 Å². The molecule has 0 bridgehead atoms. The summed E-state index contributed by atoms with van der Waals surface area (Å²) < 4.78 is 2.41. The van der Waals surface area contributed by atoms with E-state index in [-0.39, 0.29) is 5.41 Å². The molecule has 0 spiro atoms. The van der Waals surface area contributed by atoms with Crippen LogP contribution in [0, 0.1) is 0 Å². The van der Waals surface area contributed by atoms with E-state index < -0.39 is 0 Å². The molecule has 0 fully saturated rings. The predicted molar refractivity (Wildman–Crippen MR) is 275 cm³/mol. The lowest BCUT2D eigenvalue weighted by molar-refractivity contribution is 0.660. The van der Waals surface area contributed by atoms with E-state index >= 15 is 0 Å². The average Bonchev–Trinajstić information content (AvgIpc) is 3.83. The molecule has 0 atom stereocenters. The molecule has 10 aromatic carbocycles. The molecule has 0 amide bonds. The van der Waals surface area contributed by atoms with E-state index in [2.05, 4.69) is 266 Å². The Morgan fingerprint density at radius 3 is 1.54 bits per heavy atom. The molecule has 12 rings (SSSR count). The maximum atomic E-state index is 2.50. The molecule has 0 unspecified atom stereocenters. The SMILES string of the molecule is CC1(C)c2ccccc2-c2ccc(N(c3ccc(-c4ccc(-c5ccccc5)cc4)cc3)c3cc(-c4ccccc4)ccc3-c3cccc4c3c3ccccc3n4-c3ccccc3)cc21. The summed E-state index contributed by atoms with van der Waals surface area (Å²) in [6.45, 7) is 4.74. The number of rotatable bonds is 8. The highest BCUT2D eigenvalue weighted by Gasteiger charge is 2.36. The zero-order chi connectivity index (χ0) is 43.5. The van der Waals surface area contributed by atoms with Crippen LogP contribution in [-0.4, -0.2) is 4.57 Å². The van der Waals surface area contributed by atoms with Gasteiger partial charge in [0, 0.05) is 38.8 Å². The average molecular weight is 831 g/mol. The smallest absolute Gasteiger partial charge is 0.0547 e. The zero-order valence-electron chi connectivity index (χ0n) is 36.5. The zero-order valence-corrected chi connectivity index (χ0v) is 36.5. The highest BCUT2D eigenvalue weighted by molar-refractivity contribution is 6.17. The summed E-state index contributed by atoms with van der Waals surface area (Å²) in [6.07, 6.45) is 0.